The molecule has 1 N–H and O–H groups in total. The molecule has 2 amide bonds. The standard InChI is InChI=1S/C7H13N2O/c1-4-9-5-7(2,3)8-6(9)10/h1,4-5H2,2-3H3,(H,8,10). The Labute approximate surface area is 61.4 Å². The normalized spacial score (nSPS) is 23.1. The lowest BCUT2D eigenvalue weighted by molar-refractivity contribution is 0.221. The van der Waals surface area contributed by atoms with Gasteiger partial charge < -0.3 is 10.2 Å². The Morgan fingerprint density at radius 3 is 2.60 bits per heavy atom. The topological polar surface area (TPSA) is 32.3 Å². The van der Waals surface area contributed by atoms with Crippen LogP contribution in [0.4, 0.5) is 4.79 Å². The second-order valence-electron chi connectivity index (χ2n) is 3.24. The zero-order valence-corrected chi connectivity index (χ0v) is 6.48. The predicted octanol–water partition coefficient (Wildman–Crippen LogP) is 0.624. The first-order chi connectivity index (χ1) is 4.55. The Balaban J connectivity index is 2.61. The van der Waals surface area contributed by atoms with Gasteiger partial charge in [0.15, 0.2) is 0 Å². The fourth-order valence-electron chi connectivity index (χ4n) is 1.14. The van der Waals surface area contributed by atoms with Crippen LogP contribution in [0.15, 0.2) is 0 Å². The fraction of sp³-hybridized carbons (Fsp3) is 0.714. The van der Waals surface area contributed by atoms with Gasteiger partial charge in [-0.15, -0.1) is 0 Å². The van der Waals surface area contributed by atoms with Gasteiger partial charge in [-0.05, 0) is 20.8 Å². The van der Waals surface area contributed by atoms with Crippen molar-refractivity contribution < 1.29 is 4.79 Å². The van der Waals surface area contributed by atoms with Gasteiger partial charge in [0.1, 0.15) is 0 Å². The number of urea groups is 1. The number of rotatable bonds is 1. The Hall–Kier alpha value is -0.730. The van der Waals surface area contributed by atoms with Crippen molar-refractivity contribution in [3.63, 3.8) is 0 Å². The van der Waals surface area contributed by atoms with Crippen molar-refractivity contribution in [2.45, 2.75) is 19.4 Å². The van der Waals surface area contributed by atoms with Crippen LogP contribution in [0.2, 0.25) is 0 Å². The van der Waals surface area contributed by atoms with E-state index >= 15 is 0 Å². The molecule has 1 aliphatic heterocycles. The second-order valence-corrected chi connectivity index (χ2v) is 3.24. The highest BCUT2D eigenvalue weighted by Crippen LogP contribution is 2.12. The minimum Gasteiger partial charge on any atom is -0.331 e. The van der Waals surface area contributed by atoms with E-state index in [2.05, 4.69) is 12.2 Å². The zero-order chi connectivity index (χ0) is 7.78. The monoisotopic (exact) mass is 141 g/mol. The molecule has 0 spiro atoms. The molecule has 57 valence electrons. The minimum absolute atomic E-state index is 0.000000000000000222. The van der Waals surface area contributed by atoms with Crippen molar-refractivity contribution in [1.29, 1.82) is 0 Å². The Morgan fingerprint density at radius 2 is 2.40 bits per heavy atom. The molecule has 1 aliphatic rings. The molecule has 0 unspecified atom stereocenters. The van der Waals surface area contributed by atoms with Crippen LogP contribution in [-0.2, 0) is 0 Å². The maximum atomic E-state index is 11.0. The van der Waals surface area contributed by atoms with Gasteiger partial charge in [-0.25, -0.2) is 4.79 Å². The molecule has 0 aromatic heterocycles. The van der Waals surface area contributed by atoms with Gasteiger partial charge in [0.25, 0.3) is 0 Å². The lowest BCUT2D eigenvalue weighted by atomic mass is 10.1. The average molecular weight is 141 g/mol. The third-order valence-corrected chi connectivity index (χ3v) is 1.59. The predicted molar refractivity (Wildman–Crippen MR) is 39.5 cm³/mol. The molecule has 1 heterocycles. The van der Waals surface area contributed by atoms with Crippen LogP contribution in [0.5, 0.6) is 0 Å². The largest absolute Gasteiger partial charge is 0.331 e. The first-order valence-electron chi connectivity index (χ1n) is 3.41. The summed E-state index contributed by atoms with van der Waals surface area (Å²) in [5, 5.41) is 2.84. The first-order valence-corrected chi connectivity index (χ1v) is 3.41. The van der Waals surface area contributed by atoms with Crippen molar-refractivity contribution in [3.05, 3.63) is 6.92 Å². The summed E-state index contributed by atoms with van der Waals surface area (Å²) in [4.78, 5) is 12.7. The lowest BCUT2D eigenvalue weighted by Gasteiger charge is -2.15. The Morgan fingerprint density at radius 1 is 1.80 bits per heavy atom. The van der Waals surface area contributed by atoms with Crippen molar-refractivity contribution >= 4 is 6.03 Å². The highest BCUT2D eigenvalue weighted by Gasteiger charge is 2.33. The van der Waals surface area contributed by atoms with Gasteiger partial charge in [0.2, 0.25) is 0 Å². The van der Waals surface area contributed by atoms with Crippen LogP contribution in [-0.4, -0.2) is 29.6 Å². The number of carbonyl (C=O) groups is 1. The summed E-state index contributed by atoms with van der Waals surface area (Å²) in [6.07, 6.45) is 0. The summed E-state index contributed by atoms with van der Waals surface area (Å²) in [7, 11) is 0. The van der Waals surface area contributed by atoms with Crippen LogP contribution < -0.4 is 5.32 Å². The molecule has 0 aromatic rings. The van der Waals surface area contributed by atoms with E-state index in [9.17, 15) is 4.79 Å². The molecular formula is C7H13N2O. The van der Waals surface area contributed by atoms with E-state index in [4.69, 9.17) is 0 Å². The van der Waals surface area contributed by atoms with Gasteiger partial charge in [-0.1, -0.05) is 0 Å². The van der Waals surface area contributed by atoms with E-state index in [0.717, 1.165) is 6.54 Å². The number of hydrogen-bond donors (Lipinski definition) is 1. The van der Waals surface area contributed by atoms with Gasteiger partial charge in [0, 0.05) is 13.1 Å². The Bertz CT molecular complexity index is 154. The number of carbonyl (C=O) groups excluding carboxylic acids is 1. The van der Waals surface area contributed by atoms with Crippen molar-refractivity contribution in [2.24, 2.45) is 0 Å². The molecule has 10 heavy (non-hydrogen) atoms. The van der Waals surface area contributed by atoms with Crippen molar-refractivity contribution in [3.8, 4) is 0 Å². The molecule has 0 atom stereocenters. The minimum atomic E-state index is -0.0746. The first kappa shape index (κ1) is 7.38. The van der Waals surface area contributed by atoms with Gasteiger partial charge in [-0.3, -0.25) is 0 Å². The number of nitrogens with one attached hydrogen (secondary N) is 1. The molecule has 3 heteroatoms. The molecule has 0 bridgehead atoms. The highest BCUT2D eigenvalue weighted by atomic mass is 16.2. The summed E-state index contributed by atoms with van der Waals surface area (Å²) in [6, 6.07) is 0.000000000000000222. The summed E-state index contributed by atoms with van der Waals surface area (Å²) >= 11 is 0. The van der Waals surface area contributed by atoms with E-state index in [1.54, 1.807) is 4.90 Å². The number of hydrogen-bond acceptors (Lipinski definition) is 1. The molecule has 0 aliphatic carbocycles. The van der Waals surface area contributed by atoms with E-state index in [1.165, 1.54) is 0 Å². The maximum Gasteiger partial charge on any atom is 0.317 e. The van der Waals surface area contributed by atoms with Gasteiger partial charge in [0.05, 0.1) is 5.54 Å². The third kappa shape index (κ3) is 1.23. The Kier molecular flexibility index (Phi) is 1.58. The second kappa shape index (κ2) is 2.15. The zero-order valence-electron chi connectivity index (χ0n) is 6.48. The van der Waals surface area contributed by atoms with Crippen LogP contribution in [0.1, 0.15) is 13.8 Å². The van der Waals surface area contributed by atoms with Crippen LogP contribution in [0.3, 0.4) is 0 Å². The summed E-state index contributed by atoms with van der Waals surface area (Å²) in [5.41, 5.74) is -0.0746. The van der Waals surface area contributed by atoms with E-state index in [1.807, 2.05) is 13.8 Å². The van der Waals surface area contributed by atoms with Gasteiger partial charge >= 0.3 is 6.03 Å². The molecule has 0 saturated carbocycles. The fourth-order valence-corrected chi connectivity index (χ4v) is 1.14. The molecule has 1 rings (SSSR count). The smallest absolute Gasteiger partial charge is 0.317 e. The van der Waals surface area contributed by atoms with E-state index in [-0.39, 0.29) is 11.6 Å². The lowest BCUT2D eigenvalue weighted by Crippen LogP contribution is -2.36. The molecule has 0 aromatic carbocycles. The molecule has 1 fully saturated rings. The quantitative estimate of drug-likeness (QED) is 0.570. The SMILES string of the molecule is [CH2]CN1CC(C)(C)NC1=O. The van der Waals surface area contributed by atoms with E-state index < -0.39 is 0 Å². The van der Waals surface area contributed by atoms with Gasteiger partial charge in [-0.2, -0.15) is 0 Å². The van der Waals surface area contributed by atoms with Crippen LogP contribution >= 0.6 is 0 Å². The molecule has 3 nitrogen and oxygen atoms in total. The molecule has 1 saturated heterocycles. The van der Waals surface area contributed by atoms with Crippen LogP contribution in [0, 0.1) is 6.92 Å². The third-order valence-electron chi connectivity index (χ3n) is 1.59. The molecule has 1 radical (unpaired) electrons. The maximum absolute atomic E-state index is 11.0. The number of nitrogens with zero attached hydrogens (tertiary/aromatic N) is 1. The summed E-state index contributed by atoms with van der Waals surface area (Å²) in [6.45, 7) is 8.96. The van der Waals surface area contributed by atoms with Crippen molar-refractivity contribution in [1.82, 2.24) is 10.2 Å². The van der Waals surface area contributed by atoms with Crippen molar-refractivity contribution in [2.75, 3.05) is 13.1 Å². The summed E-state index contributed by atoms with van der Waals surface area (Å²) < 4.78 is 0. The van der Waals surface area contributed by atoms with E-state index in [0.29, 0.717) is 6.54 Å². The van der Waals surface area contributed by atoms with Crippen LogP contribution in [0.25, 0.3) is 0 Å². The molecular weight excluding hydrogens is 128 g/mol. The average Bonchev–Trinajstić information content (AvgIpc) is 2.05. The summed E-state index contributed by atoms with van der Waals surface area (Å²) in [5.74, 6) is 0. The highest BCUT2D eigenvalue weighted by molar-refractivity contribution is 5.77. The number of amides is 2.